The summed E-state index contributed by atoms with van der Waals surface area (Å²) >= 11 is 0. The van der Waals surface area contributed by atoms with Crippen molar-refractivity contribution in [3.63, 3.8) is 0 Å². The molecule has 0 aliphatic carbocycles. The van der Waals surface area contributed by atoms with Crippen LogP contribution in [0.1, 0.15) is 6.92 Å². The highest BCUT2D eigenvalue weighted by Gasteiger charge is 2.25. The fourth-order valence-corrected chi connectivity index (χ4v) is 1.69. The van der Waals surface area contributed by atoms with Gasteiger partial charge in [-0.2, -0.15) is 0 Å². The standard InChI is InChI=1S/C8H12N2O/c1-6(11)10-4-7-2-9-3-8(7)5-10/h9H,2-5H2,1H3. The molecule has 0 saturated carbocycles. The van der Waals surface area contributed by atoms with E-state index in [1.165, 1.54) is 11.1 Å². The van der Waals surface area contributed by atoms with Crippen LogP contribution in [0.5, 0.6) is 0 Å². The second kappa shape index (κ2) is 2.34. The van der Waals surface area contributed by atoms with Crippen LogP contribution in [0.3, 0.4) is 0 Å². The number of carbonyl (C=O) groups is 1. The predicted octanol–water partition coefficient (Wildman–Crippen LogP) is -0.252. The highest BCUT2D eigenvalue weighted by atomic mass is 16.2. The minimum absolute atomic E-state index is 0.194. The molecule has 0 unspecified atom stereocenters. The van der Waals surface area contributed by atoms with Crippen LogP contribution in [0, 0.1) is 0 Å². The Labute approximate surface area is 66.1 Å². The minimum atomic E-state index is 0.194. The number of nitrogens with one attached hydrogen (secondary N) is 1. The third-order valence-electron chi connectivity index (χ3n) is 2.39. The van der Waals surface area contributed by atoms with Crippen molar-refractivity contribution >= 4 is 5.91 Å². The van der Waals surface area contributed by atoms with Gasteiger partial charge in [-0.25, -0.2) is 0 Å². The fourth-order valence-electron chi connectivity index (χ4n) is 1.69. The van der Waals surface area contributed by atoms with Gasteiger partial charge in [0.15, 0.2) is 0 Å². The van der Waals surface area contributed by atoms with Gasteiger partial charge in [-0.3, -0.25) is 4.79 Å². The largest absolute Gasteiger partial charge is 0.335 e. The molecule has 3 heteroatoms. The zero-order valence-electron chi connectivity index (χ0n) is 6.68. The van der Waals surface area contributed by atoms with Gasteiger partial charge >= 0.3 is 0 Å². The van der Waals surface area contributed by atoms with Gasteiger partial charge in [0, 0.05) is 33.1 Å². The summed E-state index contributed by atoms with van der Waals surface area (Å²) in [7, 11) is 0. The highest BCUT2D eigenvalue weighted by Crippen LogP contribution is 2.19. The van der Waals surface area contributed by atoms with E-state index in [4.69, 9.17) is 0 Å². The van der Waals surface area contributed by atoms with E-state index in [9.17, 15) is 4.79 Å². The van der Waals surface area contributed by atoms with Crippen LogP contribution in [-0.4, -0.2) is 37.0 Å². The first-order valence-electron chi connectivity index (χ1n) is 3.93. The van der Waals surface area contributed by atoms with E-state index in [0.29, 0.717) is 0 Å². The summed E-state index contributed by atoms with van der Waals surface area (Å²) in [4.78, 5) is 12.9. The van der Waals surface area contributed by atoms with E-state index in [1.807, 2.05) is 4.90 Å². The Morgan fingerprint density at radius 1 is 1.36 bits per heavy atom. The molecule has 0 saturated heterocycles. The van der Waals surface area contributed by atoms with Crippen LogP contribution >= 0.6 is 0 Å². The predicted molar refractivity (Wildman–Crippen MR) is 42.1 cm³/mol. The lowest BCUT2D eigenvalue weighted by Crippen LogP contribution is -2.30. The van der Waals surface area contributed by atoms with Crippen molar-refractivity contribution in [3.8, 4) is 0 Å². The molecule has 3 nitrogen and oxygen atoms in total. The fraction of sp³-hybridized carbons (Fsp3) is 0.625. The summed E-state index contributed by atoms with van der Waals surface area (Å²) in [6, 6.07) is 0. The van der Waals surface area contributed by atoms with Crippen LogP contribution in [0.4, 0.5) is 0 Å². The van der Waals surface area contributed by atoms with E-state index >= 15 is 0 Å². The normalized spacial score (nSPS) is 22.8. The molecule has 2 rings (SSSR count). The molecule has 0 bridgehead atoms. The van der Waals surface area contributed by atoms with Crippen molar-refractivity contribution in [2.24, 2.45) is 0 Å². The minimum Gasteiger partial charge on any atom is -0.335 e. The molecule has 2 aliphatic heterocycles. The Hall–Kier alpha value is -0.830. The molecule has 0 aromatic heterocycles. The first-order valence-corrected chi connectivity index (χ1v) is 3.93. The summed E-state index contributed by atoms with van der Waals surface area (Å²) < 4.78 is 0. The van der Waals surface area contributed by atoms with E-state index in [-0.39, 0.29) is 5.91 Å². The molecular formula is C8H12N2O. The molecule has 2 aliphatic rings. The van der Waals surface area contributed by atoms with Crippen molar-refractivity contribution in [1.82, 2.24) is 10.2 Å². The van der Waals surface area contributed by atoms with Crippen molar-refractivity contribution < 1.29 is 4.79 Å². The zero-order valence-corrected chi connectivity index (χ0v) is 6.68. The zero-order chi connectivity index (χ0) is 7.84. The second-order valence-electron chi connectivity index (χ2n) is 3.19. The Balaban J connectivity index is 2.06. The van der Waals surface area contributed by atoms with Crippen LogP contribution in [0.2, 0.25) is 0 Å². The maximum absolute atomic E-state index is 11.0. The summed E-state index contributed by atoms with van der Waals surface area (Å²) in [5, 5.41) is 3.27. The monoisotopic (exact) mass is 152 g/mol. The van der Waals surface area contributed by atoms with E-state index in [0.717, 1.165) is 26.2 Å². The van der Waals surface area contributed by atoms with Crippen LogP contribution in [0.25, 0.3) is 0 Å². The molecule has 0 fully saturated rings. The van der Waals surface area contributed by atoms with Gasteiger partial charge in [-0.15, -0.1) is 0 Å². The lowest BCUT2D eigenvalue weighted by atomic mass is 10.2. The lowest BCUT2D eigenvalue weighted by molar-refractivity contribution is -0.127. The van der Waals surface area contributed by atoms with E-state index < -0.39 is 0 Å². The highest BCUT2D eigenvalue weighted by molar-refractivity contribution is 5.74. The van der Waals surface area contributed by atoms with Gasteiger partial charge in [0.1, 0.15) is 0 Å². The van der Waals surface area contributed by atoms with Crippen molar-refractivity contribution in [2.45, 2.75) is 6.92 Å². The van der Waals surface area contributed by atoms with Crippen molar-refractivity contribution in [2.75, 3.05) is 26.2 Å². The molecule has 11 heavy (non-hydrogen) atoms. The number of rotatable bonds is 0. The molecule has 1 N–H and O–H groups in total. The maximum atomic E-state index is 11.0. The average molecular weight is 152 g/mol. The smallest absolute Gasteiger partial charge is 0.220 e. The Morgan fingerprint density at radius 2 is 1.91 bits per heavy atom. The third kappa shape index (κ3) is 1.05. The lowest BCUT2D eigenvalue weighted by Gasteiger charge is -2.15. The summed E-state index contributed by atoms with van der Waals surface area (Å²) in [6.45, 7) is 5.32. The molecular weight excluding hydrogens is 140 g/mol. The number of carbonyl (C=O) groups excluding carboxylic acids is 1. The average Bonchev–Trinajstić information content (AvgIpc) is 2.40. The Kier molecular flexibility index (Phi) is 1.46. The number of hydrogen-bond donors (Lipinski definition) is 1. The van der Waals surface area contributed by atoms with Crippen LogP contribution in [-0.2, 0) is 4.79 Å². The van der Waals surface area contributed by atoms with Gasteiger partial charge in [0.05, 0.1) is 0 Å². The molecule has 0 atom stereocenters. The molecule has 0 radical (unpaired) electrons. The molecule has 1 amide bonds. The maximum Gasteiger partial charge on any atom is 0.220 e. The number of hydrogen-bond acceptors (Lipinski definition) is 2. The molecule has 0 aromatic rings. The van der Waals surface area contributed by atoms with Crippen molar-refractivity contribution in [3.05, 3.63) is 11.1 Å². The number of amides is 1. The third-order valence-corrected chi connectivity index (χ3v) is 2.39. The quantitative estimate of drug-likeness (QED) is 0.485. The van der Waals surface area contributed by atoms with Gasteiger partial charge in [0.2, 0.25) is 5.91 Å². The van der Waals surface area contributed by atoms with Gasteiger partial charge in [-0.05, 0) is 11.1 Å². The number of nitrogens with zero attached hydrogens (tertiary/aromatic N) is 1. The summed E-state index contributed by atoms with van der Waals surface area (Å²) in [5.74, 6) is 0.194. The van der Waals surface area contributed by atoms with E-state index in [1.54, 1.807) is 6.92 Å². The van der Waals surface area contributed by atoms with Crippen molar-refractivity contribution in [1.29, 1.82) is 0 Å². The second-order valence-corrected chi connectivity index (χ2v) is 3.19. The summed E-state index contributed by atoms with van der Waals surface area (Å²) in [6.07, 6.45) is 0. The molecule has 0 aromatic carbocycles. The van der Waals surface area contributed by atoms with Gasteiger partial charge in [-0.1, -0.05) is 0 Å². The first-order chi connectivity index (χ1) is 5.27. The first kappa shape index (κ1) is 6.85. The molecule has 60 valence electrons. The topological polar surface area (TPSA) is 32.3 Å². The molecule has 2 heterocycles. The SMILES string of the molecule is CC(=O)N1CC2=C(CNC2)C1. The van der Waals surface area contributed by atoms with Crippen LogP contribution in [0.15, 0.2) is 11.1 Å². The molecule has 0 spiro atoms. The Morgan fingerprint density at radius 3 is 2.36 bits per heavy atom. The van der Waals surface area contributed by atoms with Crippen LogP contribution < -0.4 is 5.32 Å². The summed E-state index contributed by atoms with van der Waals surface area (Å²) in [5.41, 5.74) is 2.86. The van der Waals surface area contributed by atoms with Gasteiger partial charge in [0.25, 0.3) is 0 Å². The van der Waals surface area contributed by atoms with E-state index in [2.05, 4.69) is 5.32 Å². The van der Waals surface area contributed by atoms with Gasteiger partial charge < -0.3 is 10.2 Å². The Bertz CT molecular complexity index is 216.